The van der Waals surface area contributed by atoms with Crippen molar-refractivity contribution in [1.29, 1.82) is 0 Å². The fourth-order valence-electron chi connectivity index (χ4n) is 3.12. The summed E-state index contributed by atoms with van der Waals surface area (Å²) in [5.41, 5.74) is 7.20. The molecule has 0 aliphatic carbocycles. The van der Waals surface area contributed by atoms with Gasteiger partial charge < -0.3 is 16.0 Å². The summed E-state index contributed by atoms with van der Waals surface area (Å²) >= 11 is 0. The Morgan fingerprint density at radius 2 is 1.62 bits per heavy atom. The summed E-state index contributed by atoms with van der Waals surface area (Å²) < 4.78 is 0. The molecule has 146 valence electrons. The molecule has 3 N–H and O–H groups in total. The van der Waals surface area contributed by atoms with Crippen molar-refractivity contribution in [3.05, 3.63) is 35.4 Å². The lowest BCUT2D eigenvalue weighted by Gasteiger charge is -2.26. The van der Waals surface area contributed by atoms with E-state index in [1.807, 2.05) is 29.2 Å². The zero-order valence-electron chi connectivity index (χ0n) is 15.5. The molecule has 0 bridgehead atoms. The van der Waals surface area contributed by atoms with Gasteiger partial charge in [-0.05, 0) is 56.3 Å². The predicted octanol–water partition coefficient (Wildman–Crippen LogP) is 3.26. The van der Waals surface area contributed by atoms with Crippen molar-refractivity contribution >= 4 is 24.2 Å². The van der Waals surface area contributed by atoms with E-state index in [0.717, 1.165) is 69.3 Å². The third-order valence-electron chi connectivity index (χ3n) is 4.69. The minimum Gasteiger partial charge on any atom is -0.352 e. The number of halogens is 1. The van der Waals surface area contributed by atoms with Gasteiger partial charge in [0.05, 0.1) is 0 Å². The molecule has 1 aliphatic rings. The van der Waals surface area contributed by atoms with E-state index < -0.39 is 0 Å². The Balaban J connectivity index is 0.00000338. The standard InChI is InChI=1S/C20H31N3O2.ClH/c21-13-5-2-1-4-8-19(24)22-16-17-9-11-18(12-10-17)20(25)23-14-6-3-7-15-23;/h9-12H,1-8,13-16,21H2,(H,22,24);1H. The Morgan fingerprint density at radius 1 is 0.962 bits per heavy atom. The normalized spacial score (nSPS) is 13.8. The van der Waals surface area contributed by atoms with Crippen LogP contribution in [0.2, 0.25) is 0 Å². The van der Waals surface area contributed by atoms with E-state index in [-0.39, 0.29) is 24.2 Å². The summed E-state index contributed by atoms with van der Waals surface area (Å²) in [5.74, 6) is 0.203. The number of carbonyl (C=O) groups excluding carboxylic acids is 2. The average Bonchev–Trinajstić information content (AvgIpc) is 2.67. The van der Waals surface area contributed by atoms with Gasteiger partial charge in [0.1, 0.15) is 0 Å². The largest absolute Gasteiger partial charge is 0.352 e. The van der Waals surface area contributed by atoms with Gasteiger partial charge in [-0.1, -0.05) is 25.0 Å². The van der Waals surface area contributed by atoms with Crippen LogP contribution in [-0.4, -0.2) is 36.3 Å². The summed E-state index contributed by atoms with van der Waals surface area (Å²) in [4.78, 5) is 26.2. The van der Waals surface area contributed by atoms with Crippen molar-refractivity contribution in [2.24, 2.45) is 5.73 Å². The highest BCUT2D eigenvalue weighted by Crippen LogP contribution is 2.14. The zero-order valence-corrected chi connectivity index (χ0v) is 16.4. The fourth-order valence-corrected chi connectivity index (χ4v) is 3.12. The lowest BCUT2D eigenvalue weighted by molar-refractivity contribution is -0.121. The van der Waals surface area contributed by atoms with Crippen LogP contribution in [0.4, 0.5) is 0 Å². The first kappa shape index (κ1) is 22.5. The molecule has 1 aromatic carbocycles. The highest BCUT2D eigenvalue weighted by Gasteiger charge is 2.17. The van der Waals surface area contributed by atoms with E-state index in [1.165, 1.54) is 6.42 Å². The molecule has 0 atom stereocenters. The molecule has 5 nitrogen and oxygen atoms in total. The zero-order chi connectivity index (χ0) is 17.9. The number of piperidine rings is 1. The Labute approximate surface area is 163 Å². The molecule has 2 amide bonds. The number of amides is 2. The van der Waals surface area contributed by atoms with Crippen LogP contribution >= 0.6 is 12.4 Å². The Hall–Kier alpha value is -1.59. The van der Waals surface area contributed by atoms with Gasteiger partial charge >= 0.3 is 0 Å². The molecule has 1 aromatic rings. The summed E-state index contributed by atoms with van der Waals surface area (Å²) in [5, 5.41) is 2.94. The van der Waals surface area contributed by atoms with Crippen LogP contribution in [0.1, 0.15) is 67.3 Å². The van der Waals surface area contributed by atoms with Gasteiger partial charge in [0, 0.05) is 31.6 Å². The minimum atomic E-state index is 0. The van der Waals surface area contributed by atoms with Crippen molar-refractivity contribution < 1.29 is 9.59 Å². The number of carbonyl (C=O) groups is 2. The maximum absolute atomic E-state index is 12.4. The summed E-state index contributed by atoms with van der Waals surface area (Å²) in [7, 11) is 0. The maximum Gasteiger partial charge on any atom is 0.253 e. The van der Waals surface area contributed by atoms with Gasteiger partial charge in [-0.2, -0.15) is 0 Å². The van der Waals surface area contributed by atoms with Gasteiger partial charge in [0.2, 0.25) is 5.91 Å². The molecular formula is C20H32ClN3O2. The number of nitrogens with two attached hydrogens (primary N) is 1. The van der Waals surface area contributed by atoms with Crippen molar-refractivity contribution in [2.75, 3.05) is 19.6 Å². The van der Waals surface area contributed by atoms with E-state index >= 15 is 0 Å². The van der Waals surface area contributed by atoms with Gasteiger partial charge in [-0.25, -0.2) is 0 Å². The van der Waals surface area contributed by atoms with Crippen LogP contribution in [0, 0.1) is 0 Å². The van der Waals surface area contributed by atoms with E-state index in [0.29, 0.717) is 13.0 Å². The highest BCUT2D eigenvalue weighted by molar-refractivity contribution is 5.94. The summed E-state index contributed by atoms with van der Waals surface area (Å²) in [6, 6.07) is 7.59. The molecule has 0 radical (unpaired) electrons. The molecule has 0 saturated carbocycles. The molecule has 1 fully saturated rings. The third-order valence-corrected chi connectivity index (χ3v) is 4.69. The smallest absolute Gasteiger partial charge is 0.253 e. The Kier molecular flexibility index (Phi) is 11.0. The number of nitrogens with zero attached hydrogens (tertiary/aromatic N) is 1. The van der Waals surface area contributed by atoms with Crippen LogP contribution in [0.5, 0.6) is 0 Å². The fraction of sp³-hybridized carbons (Fsp3) is 0.600. The maximum atomic E-state index is 12.4. The van der Waals surface area contributed by atoms with E-state index in [2.05, 4.69) is 5.32 Å². The highest BCUT2D eigenvalue weighted by atomic mass is 35.5. The molecular weight excluding hydrogens is 350 g/mol. The first-order chi connectivity index (χ1) is 12.2. The Morgan fingerprint density at radius 3 is 2.27 bits per heavy atom. The third kappa shape index (κ3) is 7.75. The second kappa shape index (κ2) is 12.7. The molecule has 1 heterocycles. The number of rotatable bonds is 9. The van der Waals surface area contributed by atoms with Crippen molar-refractivity contribution in [3.63, 3.8) is 0 Å². The molecule has 1 aliphatic heterocycles. The molecule has 6 heteroatoms. The average molecular weight is 382 g/mol. The molecule has 26 heavy (non-hydrogen) atoms. The molecule has 0 spiro atoms. The van der Waals surface area contributed by atoms with Crippen LogP contribution in [0.15, 0.2) is 24.3 Å². The van der Waals surface area contributed by atoms with Crippen molar-refractivity contribution in [3.8, 4) is 0 Å². The van der Waals surface area contributed by atoms with Crippen molar-refractivity contribution in [2.45, 2.75) is 57.9 Å². The molecule has 2 rings (SSSR count). The number of nitrogens with one attached hydrogen (secondary N) is 1. The topological polar surface area (TPSA) is 75.4 Å². The monoisotopic (exact) mass is 381 g/mol. The predicted molar refractivity (Wildman–Crippen MR) is 107 cm³/mol. The van der Waals surface area contributed by atoms with Gasteiger partial charge in [-0.15, -0.1) is 12.4 Å². The van der Waals surface area contributed by atoms with Gasteiger partial charge in [0.15, 0.2) is 0 Å². The number of unbranched alkanes of at least 4 members (excludes halogenated alkanes) is 3. The van der Waals surface area contributed by atoms with Crippen LogP contribution in [-0.2, 0) is 11.3 Å². The molecule has 0 aromatic heterocycles. The molecule has 1 saturated heterocycles. The van der Waals surface area contributed by atoms with Crippen molar-refractivity contribution in [1.82, 2.24) is 10.2 Å². The van der Waals surface area contributed by atoms with Gasteiger partial charge in [0.25, 0.3) is 5.91 Å². The first-order valence-electron chi connectivity index (χ1n) is 9.55. The summed E-state index contributed by atoms with van der Waals surface area (Å²) in [6.45, 7) is 2.96. The number of hydrogen-bond acceptors (Lipinski definition) is 3. The number of hydrogen-bond donors (Lipinski definition) is 2. The quantitative estimate of drug-likeness (QED) is 0.644. The van der Waals surface area contributed by atoms with Crippen LogP contribution in [0.25, 0.3) is 0 Å². The minimum absolute atomic E-state index is 0. The number of likely N-dealkylation sites (tertiary alicyclic amines) is 1. The lowest BCUT2D eigenvalue weighted by atomic mass is 10.1. The van der Waals surface area contributed by atoms with E-state index in [1.54, 1.807) is 0 Å². The lowest BCUT2D eigenvalue weighted by Crippen LogP contribution is -2.35. The van der Waals surface area contributed by atoms with Crippen LogP contribution < -0.4 is 11.1 Å². The Bertz CT molecular complexity index is 542. The summed E-state index contributed by atoms with van der Waals surface area (Å²) in [6.07, 6.45) is 8.07. The number of benzene rings is 1. The van der Waals surface area contributed by atoms with E-state index in [4.69, 9.17) is 5.73 Å². The first-order valence-corrected chi connectivity index (χ1v) is 9.55. The van der Waals surface area contributed by atoms with Gasteiger partial charge in [-0.3, -0.25) is 9.59 Å². The SMILES string of the molecule is Cl.NCCCCCCC(=O)NCc1ccc(C(=O)N2CCCCC2)cc1. The second-order valence-electron chi connectivity index (χ2n) is 6.78. The molecule has 0 unspecified atom stereocenters. The van der Waals surface area contributed by atoms with E-state index in [9.17, 15) is 9.59 Å². The van der Waals surface area contributed by atoms with Crippen LogP contribution in [0.3, 0.4) is 0 Å². The second-order valence-corrected chi connectivity index (χ2v) is 6.78.